The van der Waals surface area contributed by atoms with Gasteiger partial charge in [-0.1, -0.05) is 32.1 Å². The van der Waals surface area contributed by atoms with Gasteiger partial charge in [-0.15, -0.1) is 0 Å². The lowest BCUT2D eigenvalue weighted by molar-refractivity contribution is 0.793. The van der Waals surface area contributed by atoms with Crippen molar-refractivity contribution in [3.63, 3.8) is 0 Å². The molecule has 0 aliphatic heterocycles. The molecule has 0 aliphatic rings. The van der Waals surface area contributed by atoms with Crippen molar-refractivity contribution in [2.24, 2.45) is 0 Å². The molecule has 1 aromatic rings. The van der Waals surface area contributed by atoms with E-state index >= 15 is 0 Å². The van der Waals surface area contributed by atoms with Gasteiger partial charge in [0.1, 0.15) is 0 Å². The minimum atomic E-state index is 1.16. The Hall–Kier alpha value is -1.24. The van der Waals surface area contributed by atoms with Gasteiger partial charge in [0.15, 0.2) is 0 Å². The van der Waals surface area contributed by atoms with Gasteiger partial charge in [-0.05, 0) is 43.2 Å². The lowest BCUT2D eigenvalue weighted by atomic mass is 10.0. The third kappa shape index (κ3) is 3.12. The van der Waals surface area contributed by atoms with Gasteiger partial charge in [0, 0.05) is 12.7 Å². The third-order valence-electron chi connectivity index (χ3n) is 2.69. The van der Waals surface area contributed by atoms with Crippen LogP contribution in [0.15, 0.2) is 31.0 Å². The molecule has 1 rings (SSSR count). The SMILES string of the molecule is C=CN(C)c1cc(C)ccc1CCCC. The van der Waals surface area contributed by atoms with Crippen molar-refractivity contribution in [3.8, 4) is 0 Å². The van der Waals surface area contributed by atoms with Crippen LogP contribution in [-0.2, 0) is 6.42 Å². The Morgan fingerprint density at radius 2 is 2.13 bits per heavy atom. The van der Waals surface area contributed by atoms with E-state index in [9.17, 15) is 0 Å². The molecule has 0 amide bonds. The van der Waals surface area contributed by atoms with Crippen molar-refractivity contribution in [1.82, 2.24) is 0 Å². The monoisotopic (exact) mass is 203 g/mol. The third-order valence-corrected chi connectivity index (χ3v) is 2.69. The Kier molecular flexibility index (Phi) is 4.41. The number of unbranched alkanes of at least 4 members (excludes halogenated alkanes) is 1. The quantitative estimate of drug-likeness (QED) is 0.701. The van der Waals surface area contributed by atoms with Crippen LogP contribution < -0.4 is 4.90 Å². The van der Waals surface area contributed by atoms with E-state index < -0.39 is 0 Å². The molecule has 0 spiro atoms. The summed E-state index contributed by atoms with van der Waals surface area (Å²) in [4.78, 5) is 2.10. The second-order valence-corrected chi connectivity index (χ2v) is 4.03. The number of anilines is 1. The van der Waals surface area contributed by atoms with Gasteiger partial charge in [0.2, 0.25) is 0 Å². The second-order valence-electron chi connectivity index (χ2n) is 4.03. The molecule has 0 radical (unpaired) electrons. The van der Waals surface area contributed by atoms with E-state index in [0.717, 1.165) is 6.42 Å². The van der Waals surface area contributed by atoms with Crippen molar-refractivity contribution in [2.45, 2.75) is 33.1 Å². The van der Waals surface area contributed by atoms with Crippen LogP contribution >= 0.6 is 0 Å². The zero-order valence-electron chi connectivity index (χ0n) is 10.1. The van der Waals surface area contributed by atoms with Crippen molar-refractivity contribution >= 4 is 5.69 Å². The molecule has 0 unspecified atom stereocenters. The van der Waals surface area contributed by atoms with Gasteiger partial charge >= 0.3 is 0 Å². The Balaban J connectivity index is 2.97. The van der Waals surface area contributed by atoms with Crippen LogP contribution in [-0.4, -0.2) is 7.05 Å². The van der Waals surface area contributed by atoms with E-state index in [4.69, 9.17) is 0 Å². The highest BCUT2D eigenvalue weighted by Crippen LogP contribution is 2.23. The van der Waals surface area contributed by atoms with Gasteiger partial charge < -0.3 is 4.90 Å². The largest absolute Gasteiger partial charge is 0.351 e. The fourth-order valence-electron chi connectivity index (χ4n) is 1.68. The van der Waals surface area contributed by atoms with Crippen LogP contribution in [0.2, 0.25) is 0 Å². The highest BCUT2D eigenvalue weighted by atomic mass is 15.1. The summed E-state index contributed by atoms with van der Waals surface area (Å²) in [6.45, 7) is 8.17. The molecule has 0 saturated carbocycles. The highest BCUT2D eigenvalue weighted by molar-refractivity contribution is 5.56. The summed E-state index contributed by atoms with van der Waals surface area (Å²) in [6.07, 6.45) is 5.51. The number of hydrogen-bond acceptors (Lipinski definition) is 1. The van der Waals surface area contributed by atoms with Crippen molar-refractivity contribution < 1.29 is 0 Å². The topological polar surface area (TPSA) is 3.24 Å². The van der Waals surface area contributed by atoms with Crippen molar-refractivity contribution in [1.29, 1.82) is 0 Å². The first kappa shape index (κ1) is 11.8. The molecule has 0 saturated heterocycles. The summed E-state index contributed by atoms with van der Waals surface area (Å²) >= 11 is 0. The maximum Gasteiger partial charge on any atom is 0.0438 e. The average molecular weight is 203 g/mol. The van der Waals surface area contributed by atoms with Crippen molar-refractivity contribution in [2.75, 3.05) is 11.9 Å². The van der Waals surface area contributed by atoms with E-state index in [2.05, 4.69) is 50.6 Å². The fraction of sp³-hybridized carbons (Fsp3) is 0.429. The van der Waals surface area contributed by atoms with Crippen LogP contribution in [0.25, 0.3) is 0 Å². The maximum absolute atomic E-state index is 3.81. The highest BCUT2D eigenvalue weighted by Gasteiger charge is 2.04. The summed E-state index contributed by atoms with van der Waals surface area (Å²) < 4.78 is 0. The summed E-state index contributed by atoms with van der Waals surface area (Å²) in [5.74, 6) is 0. The summed E-state index contributed by atoms with van der Waals surface area (Å²) in [5.41, 5.74) is 4.02. The van der Waals surface area contributed by atoms with Gasteiger partial charge in [0.05, 0.1) is 0 Å². The van der Waals surface area contributed by atoms with Gasteiger partial charge in [-0.25, -0.2) is 0 Å². The van der Waals surface area contributed by atoms with E-state index in [-0.39, 0.29) is 0 Å². The van der Waals surface area contributed by atoms with Crippen LogP contribution in [0.1, 0.15) is 30.9 Å². The minimum Gasteiger partial charge on any atom is -0.351 e. The van der Waals surface area contributed by atoms with Gasteiger partial charge in [-0.3, -0.25) is 0 Å². The number of benzene rings is 1. The minimum absolute atomic E-state index is 1.16. The molecule has 0 aromatic heterocycles. The molecule has 1 aromatic carbocycles. The maximum atomic E-state index is 3.81. The van der Waals surface area contributed by atoms with E-state index in [1.165, 1.54) is 29.7 Å². The number of nitrogens with zero attached hydrogens (tertiary/aromatic N) is 1. The molecular formula is C14H21N. The van der Waals surface area contributed by atoms with E-state index in [1.54, 1.807) is 0 Å². The Labute approximate surface area is 93.4 Å². The first-order chi connectivity index (χ1) is 7.19. The number of aryl methyl sites for hydroxylation is 2. The first-order valence-corrected chi connectivity index (χ1v) is 5.64. The van der Waals surface area contributed by atoms with Crippen LogP contribution in [0.4, 0.5) is 5.69 Å². The molecule has 0 heterocycles. The normalized spacial score (nSPS) is 10.1. The molecule has 1 heteroatoms. The molecule has 1 nitrogen and oxygen atoms in total. The Morgan fingerprint density at radius 3 is 2.73 bits per heavy atom. The number of hydrogen-bond donors (Lipinski definition) is 0. The Morgan fingerprint density at radius 1 is 1.40 bits per heavy atom. The molecule has 82 valence electrons. The summed E-state index contributed by atoms with van der Waals surface area (Å²) in [7, 11) is 2.05. The second kappa shape index (κ2) is 5.59. The Bertz CT molecular complexity index is 328. The smallest absolute Gasteiger partial charge is 0.0438 e. The van der Waals surface area contributed by atoms with Crippen LogP contribution in [0.5, 0.6) is 0 Å². The zero-order valence-corrected chi connectivity index (χ0v) is 10.1. The summed E-state index contributed by atoms with van der Waals surface area (Å²) in [5, 5.41) is 0. The van der Waals surface area contributed by atoms with Crippen LogP contribution in [0, 0.1) is 6.92 Å². The molecule has 0 fully saturated rings. The van der Waals surface area contributed by atoms with E-state index in [1.807, 2.05) is 6.20 Å². The van der Waals surface area contributed by atoms with Crippen molar-refractivity contribution in [3.05, 3.63) is 42.1 Å². The zero-order chi connectivity index (χ0) is 11.3. The predicted octanol–water partition coefficient (Wildman–Crippen LogP) is 3.92. The predicted molar refractivity (Wildman–Crippen MR) is 68.4 cm³/mol. The molecule has 0 bridgehead atoms. The summed E-state index contributed by atoms with van der Waals surface area (Å²) in [6, 6.07) is 6.65. The molecule has 15 heavy (non-hydrogen) atoms. The molecule has 0 N–H and O–H groups in total. The van der Waals surface area contributed by atoms with E-state index in [0.29, 0.717) is 0 Å². The van der Waals surface area contributed by atoms with Gasteiger partial charge in [0.25, 0.3) is 0 Å². The standard InChI is InChI=1S/C14H21N/c1-5-7-8-13-10-9-12(3)11-14(13)15(4)6-2/h6,9-11H,2,5,7-8H2,1,3-4H3. The first-order valence-electron chi connectivity index (χ1n) is 5.64. The molecular weight excluding hydrogens is 182 g/mol. The lowest BCUT2D eigenvalue weighted by Crippen LogP contribution is -2.10. The average Bonchev–Trinajstić information content (AvgIpc) is 2.26. The number of rotatable bonds is 5. The van der Waals surface area contributed by atoms with Crippen LogP contribution in [0.3, 0.4) is 0 Å². The molecule has 0 atom stereocenters. The lowest BCUT2D eigenvalue weighted by Gasteiger charge is -2.18. The van der Waals surface area contributed by atoms with Gasteiger partial charge in [-0.2, -0.15) is 0 Å². The molecule has 0 aliphatic carbocycles. The fourth-order valence-corrected chi connectivity index (χ4v) is 1.68.